The molecule has 0 aromatic heterocycles. The Bertz CT molecular complexity index is 444. The zero-order chi connectivity index (χ0) is 13.9. The van der Waals surface area contributed by atoms with Crippen LogP contribution in [-0.2, 0) is 0 Å². The van der Waals surface area contributed by atoms with E-state index in [0.29, 0.717) is 6.04 Å². The van der Waals surface area contributed by atoms with Crippen molar-refractivity contribution < 1.29 is 0 Å². The van der Waals surface area contributed by atoms with Gasteiger partial charge in [-0.15, -0.1) is 0 Å². The van der Waals surface area contributed by atoms with Crippen molar-refractivity contribution in [2.75, 3.05) is 20.1 Å². The van der Waals surface area contributed by atoms with Crippen molar-refractivity contribution in [1.82, 2.24) is 10.2 Å². The molecule has 1 heterocycles. The van der Waals surface area contributed by atoms with Gasteiger partial charge < -0.3 is 5.32 Å². The fraction of sp³-hybridized carbons (Fsp3) is 0.647. The van der Waals surface area contributed by atoms with Gasteiger partial charge in [-0.3, -0.25) is 4.90 Å². The summed E-state index contributed by atoms with van der Waals surface area (Å²) >= 11 is 3.79. The minimum Gasteiger partial charge on any atom is -0.319 e. The van der Waals surface area contributed by atoms with Crippen LogP contribution in [0.25, 0.3) is 0 Å². The molecule has 20 heavy (non-hydrogen) atoms. The van der Waals surface area contributed by atoms with Crippen LogP contribution in [0.15, 0.2) is 28.7 Å². The van der Waals surface area contributed by atoms with Crippen LogP contribution in [0.1, 0.15) is 43.7 Å². The van der Waals surface area contributed by atoms with Crippen molar-refractivity contribution in [3.8, 4) is 0 Å². The topological polar surface area (TPSA) is 15.3 Å². The van der Waals surface area contributed by atoms with E-state index in [1.165, 1.54) is 48.7 Å². The zero-order valence-corrected chi connectivity index (χ0v) is 13.9. The molecule has 0 radical (unpaired) electrons. The normalized spacial score (nSPS) is 28.3. The van der Waals surface area contributed by atoms with Gasteiger partial charge in [0.05, 0.1) is 0 Å². The second-order valence-electron chi connectivity index (χ2n) is 6.25. The average Bonchev–Trinajstić information content (AvgIpc) is 3.26. The van der Waals surface area contributed by atoms with Crippen molar-refractivity contribution in [3.05, 3.63) is 34.3 Å². The summed E-state index contributed by atoms with van der Waals surface area (Å²) in [7, 11) is 2.09. The lowest BCUT2D eigenvalue weighted by Crippen LogP contribution is -2.38. The molecule has 1 saturated carbocycles. The SMILES string of the molecule is CNCC1CCCCN(C2CC2)C1c1ccccc1Br. The van der Waals surface area contributed by atoms with Gasteiger partial charge in [0.15, 0.2) is 0 Å². The first kappa shape index (κ1) is 14.6. The molecule has 1 saturated heterocycles. The maximum atomic E-state index is 3.79. The molecule has 1 aliphatic carbocycles. The maximum Gasteiger partial charge on any atom is 0.0402 e. The van der Waals surface area contributed by atoms with E-state index in [1.807, 2.05) is 0 Å². The molecule has 2 atom stereocenters. The second kappa shape index (κ2) is 6.59. The molecule has 0 spiro atoms. The summed E-state index contributed by atoms with van der Waals surface area (Å²) < 4.78 is 1.28. The fourth-order valence-electron chi connectivity index (χ4n) is 3.71. The van der Waals surface area contributed by atoms with Crippen LogP contribution < -0.4 is 5.32 Å². The van der Waals surface area contributed by atoms with Crippen molar-refractivity contribution in [2.45, 2.75) is 44.2 Å². The third-order valence-corrected chi connectivity index (χ3v) is 5.47. The molecule has 1 aromatic carbocycles. The average molecular weight is 337 g/mol. The van der Waals surface area contributed by atoms with E-state index >= 15 is 0 Å². The Kier molecular flexibility index (Phi) is 4.79. The Morgan fingerprint density at radius 2 is 2.00 bits per heavy atom. The molecule has 0 bridgehead atoms. The van der Waals surface area contributed by atoms with Crippen LogP contribution in [0, 0.1) is 5.92 Å². The van der Waals surface area contributed by atoms with Gasteiger partial charge in [-0.25, -0.2) is 0 Å². The number of benzene rings is 1. The van der Waals surface area contributed by atoms with Gasteiger partial charge >= 0.3 is 0 Å². The Labute approximate surface area is 131 Å². The largest absolute Gasteiger partial charge is 0.319 e. The van der Waals surface area contributed by atoms with Crippen LogP contribution in [0.5, 0.6) is 0 Å². The summed E-state index contributed by atoms with van der Waals surface area (Å²) in [4.78, 5) is 2.80. The first-order valence-electron chi connectivity index (χ1n) is 7.96. The smallest absolute Gasteiger partial charge is 0.0402 e. The van der Waals surface area contributed by atoms with Gasteiger partial charge in [0.25, 0.3) is 0 Å². The van der Waals surface area contributed by atoms with E-state index in [9.17, 15) is 0 Å². The number of nitrogens with zero attached hydrogens (tertiary/aromatic N) is 1. The summed E-state index contributed by atoms with van der Waals surface area (Å²) in [5.74, 6) is 0.724. The number of rotatable bonds is 4. The molecule has 2 nitrogen and oxygen atoms in total. The van der Waals surface area contributed by atoms with Crippen molar-refractivity contribution in [3.63, 3.8) is 0 Å². The highest BCUT2D eigenvalue weighted by Gasteiger charge is 2.39. The standard InChI is InChI=1S/C17H25BrN2/c1-19-12-13-6-4-5-11-20(14-9-10-14)17(13)15-7-2-3-8-16(15)18/h2-3,7-8,13-14,17,19H,4-6,9-12H2,1H3. The van der Waals surface area contributed by atoms with E-state index in [4.69, 9.17) is 0 Å². The molecule has 2 aliphatic rings. The first-order valence-corrected chi connectivity index (χ1v) is 8.75. The minimum atomic E-state index is 0.577. The number of hydrogen-bond donors (Lipinski definition) is 1. The van der Waals surface area contributed by atoms with E-state index < -0.39 is 0 Å². The molecule has 2 fully saturated rings. The van der Waals surface area contributed by atoms with E-state index in [1.54, 1.807) is 0 Å². The molecule has 1 aromatic rings. The summed E-state index contributed by atoms with van der Waals surface area (Å²) in [6.07, 6.45) is 6.87. The highest BCUT2D eigenvalue weighted by molar-refractivity contribution is 9.10. The summed E-state index contributed by atoms with van der Waals surface area (Å²) in [6, 6.07) is 10.2. The van der Waals surface area contributed by atoms with Gasteiger partial charge in [0.1, 0.15) is 0 Å². The molecule has 3 rings (SSSR count). The predicted octanol–water partition coefficient (Wildman–Crippen LogP) is 3.97. The molecular weight excluding hydrogens is 312 g/mol. The van der Waals surface area contributed by atoms with Crippen LogP contribution >= 0.6 is 15.9 Å². The Morgan fingerprint density at radius 1 is 1.20 bits per heavy atom. The monoisotopic (exact) mass is 336 g/mol. The zero-order valence-electron chi connectivity index (χ0n) is 12.3. The molecule has 3 heteroatoms. The lowest BCUT2D eigenvalue weighted by molar-refractivity contribution is 0.145. The molecule has 1 aliphatic heterocycles. The number of nitrogens with one attached hydrogen (secondary N) is 1. The lowest BCUT2D eigenvalue weighted by atomic mass is 9.89. The van der Waals surface area contributed by atoms with Crippen LogP contribution in [-0.4, -0.2) is 31.1 Å². The second-order valence-corrected chi connectivity index (χ2v) is 7.10. The molecule has 2 unspecified atom stereocenters. The van der Waals surface area contributed by atoms with Crippen LogP contribution in [0.3, 0.4) is 0 Å². The maximum absolute atomic E-state index is 3.79. The summed E-state index contributed by atoms with van der Waals surface area (Å²) in [5.41, 5.74) is 1.49. The number of likely N-dealkylation sites (tertiary alicyclic amines) is 1. The van der Waals surface area contributed by atoms with Crippen molar-refractivity contribution >= 4 is 15.9 Å². The van der Waals surface area contributed by atoms with E-state index in [2.05, 4.69) is 57.5 Å². The first-order chi connectivity index (χ1) is 9.81. The van der Waals surface area contributed by atoms with Crippen LogP contribution in [0.2, 0.25) is 0 Å². The summed E-state index contributed by atoms with van der Waals surface area (Å²) in [6.45, 7) is 2.39. The summed E-state index contributed by atoms with van der Waals surface area (Å²) in [5, 5.41) is 3.42. The third-order valence-electron chi connectivity index (χ3n) is 4.75. The fourth-order valence-corrected chi connectivity index (χ4v) is 4.23. The van der Waals surface area contributed by atoms with E-state index in [0.717, 1.165) is 18.5 Å². The Hall–Kier alpha value is -0.380. The molecular formula is C17H25BrN2. The Morgan fingerprint density at radius 3 is 2.70 bits per heavy atom. The lowest BCUT2D eigenvalue weighted by Gasteiger charge is -2.36. The molecule has 0 amide bonds. The predicted molar refractivity (Wildman–Crippen MR) is 87.9 cm³/mol. The van der Waals surface area contributed by atoms with Gasteiger partial charge in [0.2, 0.25) is 0 Å². The highest BCUT2D eigenvalue weighted by atomic mass is 79.9. The van der Waals surface area contributed by atoms with Gasteiger partial charge in [-0.05, 0) is 63.4 Å². The minimum absolute atomic E-state index is 0.577. The number of halogens is 1. The quantitative estimate of drug-likeness (QED) is 0.894. The number of hydrogen-bond acceptors (Lipinski definition) is 2. The van der Waals surface area contributed by atoms with Gasteiger partial charge in [0, 0.05) is 16.6 Å². The molecule has 110 valence electrons. The Balaban J connectivity index is 1.95. The molecule has 1 N–H and O–H groups in total. The third kappa shape index (κ3) is 3.10. The van der Waals surface area contributed by atoms with Gasteiger partial charge in [-0.2, -0.15) is 0 Å². The van der Waals surface area contributed by atoms with E-state index in [-0.39, 0.29) is 0 Å². The van der Waals surface area contributed by atoms with Crippen LogP contribution in [0.4, 0.5) is 0 Å². The van der Waals surface area contributed by atoms with Crippen molar-refractivity contribution in [1.29, 1.82) is 0 Å². The van der Waals surface area contributed by atoms with Crippen molar-refractivity contribution in [2.24, 2.45) is 5.92 Å². The van der Waals surface area contributed by atoms with Gasteiger partial charge in [-0.1, -0.05) is 40.5 Å². The highest BCUT2D eigenvalue weighted by Crippen LogP contribution is 2.43.